The molecular formula is C21H16Br2N2O3. The highest BCUT2D eigenvalue weighted by atomic mass is 79.9. The summed E-state index contributed by atoms with van der Waals surface area (Å²) in [6.45, 7) is 0. The zero-order valence-electron chi connectivity index (χ0n) is 14.9. The molecule has 0 amide bonds. The van der Waals surface area contributed by atoms with Crippen LogP contribution in [0.4, 0.5) is 0 Å². The van der Waals surface area contributed by atoms with Crippen molar-refractivity contribution in [2.45, 2.75) is 18.7 Å². The normalized spacial score (nSPS) is 20.2. The van der Waals surface area contributed by atoms with E-state index in [2.05, 4.69) is 37.9 Å². The highest BCUT2D eigenvalue weighted by Gasteiger charge is 2.41. The van der Waals surface area contributed by atoms with Gasteiger partial charge in [-0.2, -0.15) is 5.10 Å². The first-order valence-electron chi connectivity index (χ1n) is 8.83. The molecule has 0 aliphatic carbocycles. The van der Waals surface area contributed by atoms with E-state index in [1.807, 2.05) is 47.5 Å². The van der Waals surface area contributed by atoms with E-state index in [0.29, 0.717) is 0 Å². The first-order chi connectivity index (χ1) is 13.6. The lowest BCUT2D eigenvalue weighted by molar-refractivity contribution is -0.0191. The van der Waals surface area contributed by atoms with Crippen molar-refractivity contribution in [3.63, 3.8) is 0 Å². The Bertz CT molecular complexity index is 1070. The number of rotatable bonds is 3. The Hall–Kier alpha value is -2.25. The smallest absolute Gasteiger partial charge is 0.213 e. The highest BCUT2D eigenvalue weighted by Crippen LogP contribution is 2.48. The van der Waals surface area contributed by atoms with E-state index in [-0.39, 0.29) is 12.3 Å². The lowest BCUT2D eigenvalue weighted by atomic mass is 9.97. The Kier molecular flexibility index (Phi) is 4.44. The fraction of sp³-hybridized carbons (Fsp3) is 0.190. The van der Waals surface area contributed by atoms with Crippen LogP contribution in [0.15, 0.2) is 73.3 Å². The van der Waals surface area contributed by atoms with Crippen LogP contribution in [-0.4, -0.2) is 17.8 Å². The number of nitrogens with zero attached hydrogens (tertiary/aromatic N) is 2. The molecule has 0 spiro atoms. The average molecular weight is 504 g/mol. The second kappa shape index (κ2) is 6.97. The topological polar surface area (TPSA) is 47.2 Å². The zero-order chi connectivity index (χ0) is 19.3. The zero-order valence-corrected chi connectivity index (χ0v) is 18.1. The number of methoxy groups -OCH3 is 1. The van der Waals surface area contributed by atoms with Crippen LogP contribution < -0.4 is 9.47 Å². The van der Waals surface area contributed by atoms with Crippen LogP contribution in [0.25, 0.3) is 0 Å². The van der Waals surface area contributed by atoms with Crippen molar-refractivity contribution < 1.29 is 13.9 Å². The molecule has 28 heavy (non-hydrogen) atoms. The fourth-order valence-electron chi connectivity index (χ4n) is 3.71. The van der Waals surface area contributed by atoms with E-state index >= 15 is 0 Å². The molecule has 0 saturated carbocycles. The number of fused-ring (bicyclic) bond motifs is 3. The van der Waals surface area contributed by atoms with Crippen LogP contribution in [0, 0.1) is 0 Å². The van der Waals surface area contributed by atoms with Gasteiger partial charge in [0.05, 0.1) is 23.9 Å². The predicted octanol–water partition coefficient (Wildman–Crippen LogP) is 6.06. The molecule has 2 aliphatic rings. The van der Waals surface area contributed by atoms with Crippen LogP contribution in [0.5, 0.6) is 11.5 Å². The maximum atomic E-state index is 6.39. The van der Waals surface area contributed by atoms with Crippen LogP contribution in [-0.2, 0) is 0 Å². The van der Waals surface area contributed by atoms with Gasteiger partial charge in [0.1, 0.15) is 23.0 Å². The Morgan fingerprint density at radius 3 is 2.79 bits per heavy atom. The molecule has 2 aromatic carbocycles. The van der Waals surface area contributed by atoms with Crippen molar-refractivity contribution in [2.24, 2.45) is 5.10 Å². The molecule has 0 bridgehead atoms. The summed E-state index contributed by atoms with van der Waals surface area (Å²) in [4.78, 5) is 0. The standard InChI is InChI=1S/C21H16Br2N2O3/c1-26-19-6-4-12(9-15(19)23)21-25-17(11-16(24-25)20-3-2-8-27-20)14-10-13(22)5-7-18(14)28-21/h2-10,17,21H,11H2,1H3. The number of hydrazone groups is 1. The van der Waals surface area contributed by atoms with Gasteiger partial charge in [0, 0.05) is 22.0 Å². The fourth-order valence-corrected chi connectivity index (χ4v) is 4.64. The van der Waals surface area contributed by atoms with Crippen molar-refractivity contribution in [1.29, 1.82) is 0 Å². The van der Waals surface area contributed by atoms with E-state index in [1.54, 1.807) is 13.4 Å². The first kappa shape index (κ1) is 17.8. The third-order valence-corrected chi connectivity index (χ3v) is 6.13. The molecule has 1 aromatic heterocycles. The summed E-state index contributed by atoms with van der Waals surface area (Å²) in [5.74, 6) is 2.44. The number of hydrogen-bond donors (Lipinski definition) is 0. The molecule has 2 atom stereocenters. The third-order valence-electron chi connectivity index (χ3n) is 5.02. The van der Waals surface area contributed by atoms with E-state index < -0.39 is 0 Å². The minimum atomic E-state index is -0.339. The Morgan fingerprint density at radius 2 is 2.04 bits per heavy atom. The second-order valence-electron chi connectivity index (χ2n) is 6.67. The van der Waals surface area contributed by atoms with Gasteiger partial charge in [-0.25, -0.2) is 5.01 Å². The van der Waals surface area contributed by atoms with Gasteiger partial charge in [-0.15, -0.1) is 0 Å². The van der Waals surface area contributed by atoms with E-state index in [4.69, 9.17) is 19.0 Å². The maximum Gasteiger partial charge on any atom is 0.213 e. The van der Waals surface area contributed by atoms with Gasteiger partial charge >= 0.3 is 0 Å². The van der Waals surface area contributed by atoms with Crippen molar-refractivity contribution in [2.75, 3.05) is 7.11 Å². The van der Waals surface area contributed by atoms with Crippen LogP contribution in [0.2, 0.25) is 0 Å². The molecule has 5 rings (SSSR count). The first-order valence-corrected chi connectivity index (χ1v) is 10.4. The second-order valence-corrected chi connectivity index (χ2v) is 8.44. The van der Waals surface area contributed by atoms with Gasteiger partial charge in [-0.1, -0.05) is 15.9 Å². The van der Waals surface area contributed by atoms with E-state index in [0.717, 1.165) is 49.5 Å². The van der Waals surface area contributed by atoms with Gasteiger partial charge in [-0.3, -0.25) is 0 Å². The molecule has 0 saturated heterocycles. The number of ether oxygens (including phenoxy) is 2. The number of hydrogen-bond acceptors (Lipinski definition) is 5. The molecule has 7 heteroatoms. The van der Waals surface area contributed by atoms with Gasteiger partial charge < -0.3 is 13.9 Å². The van der Waals surface area contributed by atoms with Crippen LogP contribution in [0.1, 0.15) is 35.6 Å². The number of benzene rings is 2. The molecule has 3 heterocycles. The van der Waals surface area contributed by atoms with Crippen molar-refractivity contribution in [3.8, 4) is 11.5 Å². The Labute approximate surface area is 179 Å². The Balaban J connectivity index is 1.60. The maximum absolute atomic E-state index is 6.39. The molecule has 0 fully saturated rings. The number of halogens is 2. The van der Waals surface area contributed by atoms with Crippen molar-refractivity contribution in [1.82, 2.24) is 5.01 Å². The average Bonchev–Trinajstić information content (AvgIpc) is 3.37. The number of furan rings is 1. The SMILES string of the molecule is COc1ccc(C2Oc3ccc(Br)cc3C3CC(c4ccco4)=NN32)cc1Br. The summed E-state index contributed by atoms with van der Waals surface area (Å²) in [6, 6.07) is 16.0. The molecule has 3 aromatic rings. The van der Waals surface area contributed by atoms with Crippen LogP contribution in [0.3, 0.4) is 0 Å². The lowest BCUT2D eigenvalue weighted by Gasteiger charge is -2.38. The van der Waals surface area contributed by atoms with Crippen LogP contribution >= 0.6 is 31.9 Å². The summed E-state index contributed by atoms with van der Waals surface area (Å²) < 4.78 is 19.2. The summed E-state index contributed by atoms with van der Waals surface area (Å²) in [5.41, 5.74) is 3.03. The molecular weight excluding hydrogens is 488 g/mol. The molecule has 142 valence electrons. The highest BCUT2D eigenvalue weighted by molar-refractivity contribution is 9.10. The largest absolute Gasteiger partial charge is 0.496 e. The summed E-state index contributed by atoms with van der Waals surface area (Å²) >= 11 is 7.15. The van der Waals surface area contributed by atoms with Gasteiger partial charge in [0.25, 0.3) is 0 Å². The van der Waals surface area contributed by atoms with Crippen molar-refractivity contribution >= 4 is 37.6 Å². The monoisotopic (exact) mass is 502 g/mol. The molecule has 0 radical (unpaired) electrons. The van der Waals surface area contributed by atoms with Gasteiger partial charge in [0.15, 0.2) is 0 Å². The summed E-state index contributed by atoms with van der Waals surface area (Å²) in [6.07, 6.45) is 2.09. The third kappa shape index (κ3) is 2.93. The Morgan fingerprint density at radius 1 is 1.14 bits per heavy atom. The molecule has 0 N–H and O–H groups in total. The quantitative estimate of drug-likeness (QED) is 0.436. The minimum Gasteiger partial charge on any atom is -0.496 e. The predicted molar refractivity (Wildman–Crippen MR) is 113 cm³/mol. The molecule has 5 nitrogen and oxygen atoms in total. The minimum absolute atomic E-state index is 0.0761. The molecule has 2 aliphatic heterocycles. The summed E-state index contributed by atoms with van der Waals surface area (Å²) in [7, 11) is 1.65. The van der Waals surface area contributed by atoms with Gasteiger partial charge in [0.2, 0.25) is 6.23 Å². The molecule has 2 unspecified atom stereocenters. The lowest BCUT2D eigenvalue weighted by Crippen LogP contribution is -2.33. The van der Waals surface area contributed by atoms with Crippen molar-refractivity contribution in [3.05, 3.63) is 80.6 Å². The van der Waals surface area contributed by atoms with Gasteiger partial charge in [-0.05, 0) is 64.5 Å². The van der Waals surface area contributed by atoms with E-state index in [1.165, 1.54) is 0 Å². The summed E-state index contributed by atoms with van der Waals surface area (Å²) in [5, 5.41) is 6.91. The van der Waals surface area contributed by atoms with E-state index in [9.17, 15) is 0 Å².